The molecule has 3 aliphatic carbocycles. The number of para-hydroxylation sites is 3. The number of nitrogens with zero attached hydrogens (tertiary/aromatic N) is 5. The third-order valence-electron chi connectivity index (χ3n) is 22.0. The Morgan fingerprint density at radius 2 is 0.649 bits per heavy atom. The maximum absolute atomic E-state index is 5.70. The Hall–Kier alpha value is -11.4. The van der Waals surface area contributed by atoms with Crippen LogP contribution in [0.25, 0.3) is 161 Å². The summed E-state index contributed by atoms with van der Waals surface area (Å²) in [6.45, 7) is 14.3. The molecule has 5 heteroatoms. The average Bonchev–Trinajstić information content (AvgIpc) is 1.56. The Morgan fingerprint density at radius 3 is 1.11 bits per heavy atom. The highest BCUT2D eigenvalue weighted by Gasteiger charge is 2.41. The quantitative estimate of drug-likeness (QED) is 0.166. The van der Waals surface area contributed by atoms with Crippen molar-refractivity contribution in [3.8, 4) is 84.2 Å². The maximum atomic E-state index is 5.70. The molecule has 0 saturated carbocycles. The van der Waals surface area contributed by atoms with Gasteiger partial charge in [-0.1, -0.05) is 230 Å². The summed E-state index contributed by atoms with van der Waals surface area (Å²) in [7, 11) is 0. The molecule has 0 radical (unpaired) electrons. The van der Waals surface area contributed by atoms with Crippen LogP contribution in [0.1, 0.15) is 74.9 Å². The lowest BCUT2D eigenvalue weighted by Gasteiger charge is -2.22. The number of hydrogen-bond acceptors (Lipinski definition) is 2. The van der Waals surface area contributed by atoms with Crippen LogP contribution in [0.4, 0.5) is 0 Å². The van der Waals surface area contributed by atoms with Crippen molar-refractivity contribution in [3.63, 3.8) is 0 Å². The molecular weight excluding hydrogens is 1140 g/mol. The second kappa shape index (κ2) is 18.9. The molecule has 0 fully saturated rings. The minimum atomic E-state index is -0.174. The number of hydrogen-bond donors (Lipinski definition) is 0. The van der Waals surface area contributed by atoms with Gasteiger partial charge in [0, 0.05) is 82.1 Å². The van der Waals surface area contributed by atoms with Crippen molar-refractivity contribution in [3.05, 3.63) is 306 Å². The molecule has 5 nitrogen and oxygen atoms in total. The lowest BCUT2D eigenvalue weighted by atomic mass is 9.80. The Kier molecular flexibility index (Phi) is 10.7. The molecule has 20 rings (SSSR count). The molecule has 0 atom stereocenters. The van der Waals surface area contributed by atoms with E-state index in [1.807, 2.05) is 0 Å². The van der Waals surface area contributed by atoms with Gasteiger partial charge in [-0.2, -0.15) is 0 Å². The number of benzene rings is 13. The van der Waals surface area contributed by atoms with E-state index in [-0.39, 0.29) is 16.2 Å². The predicted molar refractivity (Wildman–Crippen MR) is 392 cm³/mol. The van der Waals surface area contributed by atoms with Gasteiger partial charge in [0.2, 0.25) is 0 Å². The molecule has 0 N–H and O–H groups in total. The van der Waals surface area contributed by atoms with E-state index in [1.165, 1.54) is 132 Å². The SMILES string of the molecule is CC1(C)c2ccccc2-c2ccc3c(c21)c1ccccc1n3-c1ccc(-c2ccc3nc(-c4cccc(-n5c6ccccc6c6c7c(ccc65)-c5ccccc5C7(C)C)c4)nc(-c4ccc(-n5c6ccccc6c6c7c(ccc65)-c5ccccc5C7(C)C)cc4)c3c2)cc1. The molecule has 0 amide bonds. The molecule has 0 aliphatic heterocycles. The van der Waals surface area contributed by atoms with Gasteiger partial charge in [-0.05, 0) is 163 Å². The van der Waals surface area contributed by atoms with Crippen molar-refractivity contribution in [2.24, 2.45) is 0 Å². The van der Waals surface area contributed by atoms with Gasteiger partial charge in [0.05, 0.1) is 44.3 Å². The van der Waals surface area contributed by atoms with Crippen LogP contribution in [-0.4, -0.2) is 23.7 Å². The largest absolute Gasteiger partial charge is 0.309 e. The molecule has 0 saturated heterocycles. The van der Waals surface area contributed by atoms with Gasteiger partial charge in [-0.15, -0.1) is 0 Å². The fourth-order valence-corrected chi connectivity index (χ4v) is 17.8. The van der Waals surface area contributed by atoms with Crippen molar-refractivity contribution < 1.29 is 0 Å². The molecule has 4 heterocycles. The lowest BCUT2D eigenvalue weighted by molar-refractivity contribution is 0.666. The minimum Gasteiger partial charge on any atom is -0.309 e. The van der Waals surface area contributed by atoms with Crippen LogP contribution >= 0.6 is 0 Å². The van der Waals surface area contributed by atoms with Crippen molar-refractivity contribution in [2.45, 2.75) is 57.8 Å². The Labute approximate surface area is 545 Å². The smallest absolute Gasteiger partial charge is 0.160 e. The summed E-state index contributed by atoms with van der Waals surface area (Å²) in [5, 5.41) is 8.74. The predicted octanol–water partition coefficient (Wildman–Crippen LogP) is 22.8. The molecule has 13 aromatic carbocycles. The van der Waals surface area contributed by atoms with Gasteiger partial charge in [0.15, 0.2) is 5.82 Å². The molecule has 3 aliphatic rings. The van der Waals surface area contributed by atoms with Gasteiger partial charge in [-0.25, -0.2) is 9.97 Å². The molecule has 94 heavy (non-hydrogen) atoms. The van der Waals surface area contributed by atoms with Crippen molar-refractivity contribution in [1.82, 2.24) is 23.7 Å². The van der Waals surface area contributed by atoms with Crippen LogP contribution in [0.3, 0.4) is 0 Å². The van der Waals surface area contributed by atoms with Gasteiger partial charge in [0.1, 0.15) is 0 Å². The Bertz CT molecular complexity index is 6180. The van der Waals surface area contributed by atoms with Crippen LogP contribution in [0.2, 0.25) is 0 Å². The highest BCUT2D eigenvalue weighted by molar-refractivity contribution is 6.17. The summed E-state index contributed by atoms with van der Waals surface area (Å²) < 4.78 is 7.36. The van der Waals surface area contributed by atoms with Gasteiger partial charge in [0.25, 0.3) is 0 Å². The molecule has 0 bridgehead atoms. The first-order valence-corrected chi connectivity index (χ1v) is 33.1. The molecule has 0 unspecified atom stereocenters. The average molecular weight is 1200 g/mol. The molecule has 17 aromatic rings. The third-order valence-corrected chi connectivity index (χ3v) is 22.0. The summed E-state index contributed by atoms with van der Waals surface area (Å²) in [6, 6.07) is 102. The number of fused-ring (bicyclic) bond motifs is 22. The van der Waals surface area contributed by atoms with Crippen LogP contribution < -0.4 is 0 Å². The monoisotopic (exact) mass is 1200 g/mol. The second-order valence-corrected chi connectivity index (χ2v) is 28.0. The zero-order valence-electron chi connectivity index (χ0n) is 53.2. The van der Waals surface area contributed by atoms with Crippen LogP contribution in [0, 0.1) is 0 Å². The van der Waals surface area contributed by atoms with E-state index in [0.29, 0.717) is 5.82 Å². The summed E-state index contributed by atoms with van der Waals surface area (Å²) in [6.07, 6.45) is 0. The van der Waals surface area contributed by atoms with Gasteiger partial charge >= 0.3 is 0 Å². The lowest BCUT2D eigenvalue weighted by Crippen LogP contribution is -2.15. The number of rotatable bonds is 6. The summed E-state index contributed by atoms with van der Waals surface area (Å²) in [5.74, 6) is 0.674. The summed E-state index contributed by atoms with van der Waals surface area (Å²) in [4.78, 5) is 11.2. The molecular formula is C89H63N5. The van der Waals surface area contributed by atoms with E-state index in [9.17, 15) is 0 Å². The van der Waals surface area contributed by atoms with E-state index in [4.69, 9.17) is 9.97 Å². The highest BCUT2D eigenvalue weighted by Crippen LogP contribution is 2.57. The van der Waals surface area contributed by atoms with Gasteiger partial charge < -0.3 is 13.7 Å². The molecule has 4 aromatic heterocycles. The topological polar surface area (TPSA) is 40.6 Å². The van der Waals surface area contributed by atoms with Crippen molar-refractivity contribution in [2.75, 3.05) is 0 Å². The summed E-state index contributed by atoms with van der Waals surface area (Å²) >= 11 is 0. The Morgan fingerprint density at radius 1 is 0.255 bits per heavy atom. The maximum Gasteiger partial charge on any atom is 0.160 e. The van der Waals surface area contributed by atoms with E-state index in [0.717, 1.165) is 55.9 Å². The van der Waals surface area contributed by atoms with E-state index < -0.39 is 0 Å². The highest BCUT2D eigenvalue weighted by atomic mass is 15.0. The van der Waals surface area contributed by atoms with Crippen molar-refractivity contribution >= 4 is 76.3 Å². The van der Waals surface area contributed by atoms with Crippen LogP contribution in [0.15, 0.2) is 273 Å². The third kappa shape index (κ3) is 7.08. The van der Waals surface area contributed by atoms with Crippen molar-refractivity contribution in [1.29, 1.82) is 0 Å². The molecule has 0 spiro atoms. The minimum absolute atomic E-state index is 0.145. The first kappa shape index (κ1) is 53.3. The standard InChI is InChI=1S/C89H63N5/c1-87(2)69-28-13-7-22-59(69)62-43-47-76-79(82(62)87)65-25-10-16-31-73(65)92(76)56-39-34-52(35-40-56)54-38-46-72-68(51-54)85(53-36-41-57(42-37-53)93-74-32-17-11-26-66(74)80-77(93)48-44-63-60-23-8-14-29-70(60)88(3,4)83(63)80)91-86(90-72)55-20-19-21-58(50-55)94-75-33-18-12-27-67(75)81-78(94)49-45-64-61-24-9-15-30-71(61)89(5,6)84(64)81/h7-51H,1-6H3. The fourth-order valence-electron chi connectivity index (χ4n) is 17.8. The normalized spacial score (nSPS) is 14.5. The van der Waals surface area contributed by atoms with Gasteiger partial charge in [-0.3, -0.25) is 0 Å². The van der Waals surface area contributed by atoms with E-state index >= 15 is 0 Å². The zero-order valence-corrected chi connectivity index (χ0v) is 53.2. The number of aromatic nitrogens is 5. The van der Waals surface area contributed by atoms with Crippen LogP contribution in [-0.2, 0) is 16.2 Å². The fraction of sp³-hybridized carbons (Fsp3) is 0.101. The first-order chi connectivity index (χ1) is 45.9. The van der Waals surface area contributed by atoms with E-state index in [2.05, 4.69) is 328 Å². The first-order valence-electron chi connectivity index (χ1n) is 33.1. The second-order valence-electron chi connectivity index (χ2n) is 28.0. The van der Waals surface area contributed by atoms with E-state index in [1.54, 1.807) is 0 Å². The Balaban J connectivity index is 0.737. The molecule has 444 valence electrons. The summed E-state index contributed by atoms with van der Waals surface area (Å²) in [5.41, 5.74) is 32.2. The zero-order chi connectivity index (χ0) is 62.7. The van der Waals surface area contributed by atoms with Crippen LogP contribution in [0.5, 0.6) is 0 Å².